The number of aryl methyl sites for hydroxylation is 2. The summed E-state index contributed by atoms with van der Waals surface area (Å²) in [5.74, 6) is 1.94. The Bertz CT molecular complexity index is 1340. The first-order valence-electron chi connectivity index (χ1n) is 12.9. The first-order valence-corrected chi connectivity index (χ1v) is 13.8. The minimum absolute atomic E-state index is 0.0428. The molecule has 0 bridgehead atoms. The summed E-state index contributed by atoms with van der Waals surface area (Å²) in [5, 5.41) is 16.3. The fraction of sp³-hybridized carbons (Fsp3) is 0.379. The topological polar surface area (TPSA) is 96.6 Å². The zero-order chi connectivity index (χ0) is 26.6. The Morgan fingerprint density at radius 2 is 1.79 bits per heavy atom. The second-order valence-corrected chi connectivity index (χ2v) is 10.7. The van der Waals surface area contributed by atoms with Gasteiger partial charge in [-0.25, -0.2) is 0 Å². The van der Waals surface area contributed by atoms with Crippen LogP contribution in [0.2, 0.25) is 0 Å². The Morgan fingerprint density at radius 3 is 2.55 bits per heavy atom. The van der Waals surface area contributed by atoms with Crippen molar-refractivity contribution in [2.75, 3.05) is 20.3 Å². The fourth-order valence-corrected chi connectivity index (χ4v) is 5.81. The van der Waals surface area contributed by atoms with E-state index in [4.69, 9.17) is 19.6 Å². The van der Waals surface area contributed by atoms with Crippen LogP contribution in [-0.2, 0) is 4.79 Å². The maximum atomic E-state index is 12.8. The zero-order valence-corrected chi connectivity index (χ0v) is 22.8. The summed E-state index contributed by atoms with van der Waals surface area (Å²) < 4.78 is 17.3. The van der Waals surface area contributed by atoms with Crippen molar-refractivity contribution in [2.45, 2.75) is 46.0 Å². The van der Waals surface area contributed by atoms with Gasteiger partial charge in [0.25, 0.3) is 5.91 Å². The first-order chi connectivity index (χ1) is 18.4. The number of benzene rings is 2. The fourth-order valence-electron chi connectivity index (χ4n) is 4.75. The average molecular weight is 533 g/mol. The van der Waals surface area contributed by atoms with Gasteiger partial charge in [0.15, 0.2) is 17.3 Å². The van der Waals surface area contributed by atoms with E-state index in [2.05, 4.69) is 16.2 Å². The average Bonchev–Trinajstić information content (AvgIpc) is 3.36. The lowest BCUT2D eigenvalue weighted by Crippen LogP contribution is -2.35. The summed E-state index contributed by atoms with van der Waals surface area (Å²) in [6, 6.07) is 11.5. The molecule has 1 aliphatic carbocycles. The minimum Gasteiger partial charge on any atom is -0.493 e. The second-order valence-electron chi connectivity index (χ2n) is 9.67. The summed E-state index contributed by atoms with van der Waals surface area (Å²) in [6.07, 6.45) is 7.50. The first kappa shape index (κ1) is 26.0. The van der Waals surface area contributed by atoms with Crippen molar-refractivity contribution in [3.8, 4) is 17.2 Å². The van der Waals surface area contributed by atoms with Crippen LogP contribution >= 0.6 is 11.8 Å². The van der Waals surface area contributed by atoms with Crippen LogP contribution in [0.25, 0.3) is 6.08 Å². The Labute approximate surface area is 227 Å². The lowest BCUT2D eigenvalue weighted by molar-refractivity contribution is -0.114. The molecule has 1 N–H and O–H groups in total. The molecule has 0 radical (unpaired) electrons. The van der Waals surface area contributed by atoms with Crippen molar-refractivity contribution < 1.29 is 19.0 Å². The lowest BCUT2D eigenvalue weighted by atomic mass is 9.90. The number of carbonyl (C=O) groups excluding carboxylic acids is 1. The number of aliphatic imine (C=N–C) groups is 1. The number of hydrazone groups is 1. The van der Waals surface area contributed by atoms with Crippen LogP contribution in [-0.4, -0.2) is 47.3 Å². The number of nitrogens with one attached hydrogen (secondary N) is 1. The van der Waals surface area contributed by atoms with Gasteiger partial charge in [-0.1, -0.05) is 37.5 Å². The third-order valence-electron chi connectivity index (χ3n) is 6.87. The van der Waals surface area contributed by atoms with E-state index in [0.717, 1.165) is 34.8 Å². The van der Waals surface area contributed by atoms with Gasteiger partial charge in [-0.15, -0.1) is 0 Å². The van der Waals surface area contributed by atoms with Crippen molar-refractivity contribution >= 4 is 39.8 Å². The van der Waals surface area contributed by atoms with Crippen LogP contribution < -0.4 is 14.2 Å². The summed E-state index contributed by atoms with van der Waals surface area (Å²) >= 11 is 1.42. The number of rotatable bonds is 8. The molecule has 8 nitrogen and oxygen atoms in total. The van der Waals surface area contributed by atoms with Crippen molar-refractivity contribution in [1.82, 2.24) is 5.01 Å². The normalized spacial score (nSPS) is 18.8. The van der Waals surface area contributed by atoms with Gasteiger partial charge in [0.1, 0.15) is 24.0 Å². The number of hydrogen-bond donors (Lipinski definition) is 1. The highest BCUT2D eigenvalue weighted by atomic mass is 32.2. The van der Waals surface area contributed by atoms with E-state index in [9.17, 15) is 4.79 Å². The number of amidine groups is 2. The zero-order valence-electron chi connectivity index (χ0n) is 22.0. The van der Waals surface area contributed by atoms with Crippen molar-refractivity contribution in [3.63, 3.8) is 0 Å². The standard InChI is InChI=1S/C29H32N4O4S/c1-18-9-10-19(2)24(15-18)37-14-13-36-23-12-11-20(17-25(23)35-3)16-22-26(30)33-29(31-27(22)34)38-28(32-33)21-7-5-4-6-8-21/h9-12,15-17,21,30H,4-8,13-14H2,1-3H3/b22-16-,30-26?. The van der Waals surface area contributed by atoms with Gasteiger partial charge in [0.2, 0.25) is 5.17 Å². The molecular weight excluding hydrogens is 500 g/mol. The van der Waals surface area contributed by atoms with Crippen LogP contribution in [0.5, 0.6) is 17.2 Å². The predicted octanol–water partition coefficient (Wildman–Crippen LogP) is 5.97. The molecule has 1 saturated carbocycles. The number of amides is 1. The number of hydrogen-bond acceptors (Lipinski definition) is 7. The van der Waals surface area contributed by atoms with E-state index in [-0.39, 0.29) is 11.4 Å². The molecule has 5 rings (SSSR count). The van der Waals surface area contributed by atoms with Crippen molar-refractivity contribution in [3.05, 3.63) is 58.7 Å². The molecule has 0 atom stereocenters. The molecule has 1 fully saturated rings. The van der Waals surface area contributed by atoms with Crippen LogP contribution in [0.15, 0.2) is 52.1 Å². The third-order valence-corrected chi connectivity index (χ3v) is 7.94. The van der Waals surface area contributed by atoms with Crippen molar-refractivity contribution in [2.24, 2.45) is 16.0 Å². The smallest absolute Gasteiger partial charge is 0.283 e. The molecule has 0 unspecified atom stereocenters. The second kappa shape index (κ2) is 11.4. The van der Waals surface area contributed by atoms with Gasteiger partial charge in [0, 0.05) is 5.92 Å². The number of methoxy groups -OCH3 is 1. The van der Waals surface area contributed by atoms with Gasteiger partial charge in [-0.3, -0.25) is 10.2 Å². The van der Waals surface area contributed by atoms with Gasteiger partial charge in [0.05, 0.1) is 12.7 Å². The third kappa shape index (κ3) is 5.62. The molecule has 3 aliphatic rings. The number of thioether (sulfide) groups is 1. The van der Waals surface area contributed by atoms with E-state index in [1.165, 1.54) is 36.0 Å². The number of nitrogens with zero attached hydrogens (tertiary/aromatic N) is 3. The highest BCUT2D eigenvalue weighted by Crippen LogP contribution is 2.36. The largest absolute Gasteiger partial charge is 0.493 e. The molecule has 2 aromatic rings. The molecular formula is C29H32N4O4S. The molecule has 2 heterocycles. The molecule has 0 spiro atoms. The number of ether oxygens (including phenoxy) is 3. The summed E-state index contributed by atoms with van der Waals surface area (Å²) in [7, 11) is 1.57. The van der Waals surface area contributed by atoms with E-state index in [1.54, 1.807) is 25.3 Å². The van der Waals surface area contributed by atoms with Crippen LogP contribution in [0.3, 0.4) is 0 Å². The van der Waals surface area contributed by atoms with E-state index < -0.39 is 5.91 Å². The Kier molecular flexibility index (Phi) is 7.83. The maximum absolute atomic E-state index is 12.8. The molecule has 2 aromatic carbocycles. The number of fused-ring (bicyclic) bond motifs is 1. The van der Waals surface area contributed by atoms with E-state index in [0.29, 0.717) is 41.4 Å². The Balaban J connectivity index is 1.26. The highest BCUT2D eigenvalue weighted by molar-refractivity contribution is 8.27. The molecule has 38 heavy (non-hydrogen) atoms. The highest BCUT2D eigenvalue weighted by Gasteiger charge is 2.38. The predicted molar refractivity (Wildman–Crippen MR) is 151 cm³/mol. The quantitative estimate of drug-likeness (QED) is 0.332. The summed E-state index contributed by atoms with van der Waals surface area (Å²) in [6.45, 7) is 4.78. The lowest BCUT2D eigenvalue weighted by Gasteiger charge is -2.20. The molecule has 0 aromatic heterocycles. The van der Waals surface area contributed by atoms with Gasteiger partial charge >= 0.3 is 0 Å². The van der Waals surface area contributed by atoms with Crippen molar-refractivity contribution in [1.29, 1.82) is 5.41 Å². The molecule has 0 saturated heterocycles. The van der Waals surface area contributed by atoms with Crippen LogP contribution in [0, 0.1) is 25.2 Å². The van der Waals surface area contributed by atoms with Gasteiger partial charge < -0.3 is 14.2 Å². The van der Waals surface area contributed by atoms with E-state index in [1.807, 2.05) is 32.0 Å². The van der Waals surface area contributed by atoms with Gasteiger partial charge in [-0.2, -0.15) is 15.1 Å². The Hall–Kier alpha value is -3.59. The minimum atomic E-state index is -0.434. The summed E-state index contributed by atoms with van der Waals surface area (Å²) in [5.41, 5.74) is 3.12. The van der Waals surface area contributed by atoms with Crippen LogP contribution in [0.1, 0.15) is 48.8 Å². The SMILES string of the molecule is COc1cc(/C=C2/C(=N)N3N=C(C4CCCCC4)SC3=NC2=O)ccc1OCCOc1cc(C)ccc1C. The Morgan fingerprint density at radius 1 is 1.03 bits per heavy atom. The van der Waals surface area contributed by atoms with E-state index >= 15 is 0 Å². The monoisotopic (exact) mass is 532 g/mol. The number of carbonyl (C=O) groups is 1. The summed E-state index contributed by atoms with van der Waals surface area (Å²) in [4.78, 5) is 17.1. The van der Waals surface area contributed by atoms with Gasteiger partial charge in [-0.05, 0) is 79.4 Å². The molecule has 9 heteroatoms. The molecule has 1 amide bonds. The maximum Gasteiger partial charge on any atom is 0.283 e. The molecule has 2 aliphatic heterocycles. The van der Waals surface area contributed by atoms with Crippen LogP contribution in [0.4, 0.5) is 0 Å². The molecule has 198 valence electrons.